The zero-order chi connectivity index (χ0) is 9.68. The van der Waals surface area contributed by atoms with E-state index in [0.29, 0.717) is 5.75 Å². The van der Waals surface area contributed by atoms with Gasteiger partial charge in [-0.3, -0.25) is 9.78 Å². The number of nitrogens with zero attached hydrogens (tertiary/aromatic N) is 1. The second-order valence-corrected chi connectivity index (χ2v) is 3.52. The quantitative estimate of drug-likeness (QED) is 0.545. The van der Waals surface area contributed by atoms with Gasteiger partial charge in [0.2, 0.25) is 0 Å². The van der Waals surface area contributed by atoms with Crippen LogP contribution in [0.1, 0.15) is 5.56 Å². The van der Waals surface area contributed by atoms with Crippen molar-refractivity contribution in [1.29, 1.82) is 0 Å². The molecule has 0 aliphatic carbocycles. The van der Waals surface area contributed by atoms with Gasteiger partial charge >= 0.3 is 5.97 Å². The van der Waals surface area contributed by atoms with Crippen LogP contribution in [0.2, 0.25) is 0 Å². The topological polar surface area (TPSA) is 39.2 Å². The van der Waals surface area contributed by atoms with Gasteiger partial charge < -0.3 is 4.74 Å². The molecule has 0 aliphatic rings. The highest BCUT2D eigenvalue weighted by molar-refractivity contribution is 8.00. The van der Waals surface area contributed by atoms with Crippen molar-refractivity contribution >= 4 is 17.7 Å². The van der Waals surface area contributed by atoms with Crippen molar-refractivity contribution in [3.63, 3.8) is 0 Å². The number of aryl methyl sites for hydroxylation is 1. The first-order valence-electron chi connectivity index (χ1n) is 3.84. The van der Waals surface area contributed by atoms with Gasteiger partial charge in [-0.1, -0.05) is 0 Å². The molecule has 0 saturated carbocycles. The fraction of sp³-hybridized carbons (Fsp3) is 0.333. The molecule has 0 bridgehead atoms. The molecule has 0 saturated heterocycles. The Morgan fingerprint density at radius 2 is 2.46 bits per heavy atom. The standard InChI is InChI=1S/C9H11NO2S/c1-7-3-4-10-5-8(7)13-6-9(11)12-2/h3-5H,6H2,1-2H3. The lowest BCUT2D eigenvalue weighted by atomic mass is 10.3. The molecule has 0 radical (unpaired) electrons. The van der Waals surface area contributed by atoms with Gasteiger partial charge in [-0.2, -0.15) is 0 Å². The van der Waals surface area contributed by atoms with E-state index in [-0.39, 0.29) is 5.97 Å². The van der Waals surface area contributed by atoms with Gasteiger partial charge in [-0.25, -0.2) is 0 Å². The van der Waals surface area contributed by atoms with E-state index in [9.17, 15) is 4.79 Å². The highest BCUT2D eigenvalue weighted by Gasteiger charge is 2.03. The first-order valence-corrected chi connectivity index (χ1v) is 4.83. The van der Waals surface area contributed by atoms with Crippen molar-refractivity contribution in [2.45, 2.75) is 11.8 Å². The molecule has 1 heterocycles. The number of carbonyl (C=O) groups excluding carboxylic acids is 1. The summed E-state index contributed by atoms with van der Waals surface area (Å²) >= 11 is 1.44. The lowest BCUT2D eigenvalue weighted by molar-refractivity contribution is -0.137. The van der Waals surface area contributed by atoms with E-state index in [0.717, 1.165) is 10.5 Å². The Morgan fingerprint density at radius 1 is 1.69 bits per heavy atom. The van der Waals surface area contributed by atoms with Gasteiger partial charge in [0.05, 0.1) is 12.9 Å². The number of hydrogen-bond donors (Lipinski definition) is 0. The minimum Gasteiger partial charge on any atom is -0.468 e. The van der Waals surface area contributed by atoms with Gasteiger partial charge in [-0.15, -0.1) is 11.8 Å². The Kier molecular flexibility index (Phi) is 3.76. The summed E-state index contributed by atoms with van der Waals surface area (Å²) in [6, 6.07) is 1.92. The van der Waals surface area contributed by atoms with Crippen LogP contribution in [0.5, 0.6) is 0 Å². The predicted octanol–water partition coefficient (Wildman–Crippen LogP) is 1.66. The van der Waals surface area contributed by atoms with E-state index in [1.807, 2.05) is 13.0 Å². The lowest BCUT2D eigenvalue weighted by Crippen LogP contribution is -2.03. The molecule has 1 rings (SSSR count). The van der Waals surface area contributed by atoms with Crippen molar-refractivity contribution in [1.82, 2.24) is 4.98 Å². The Morgan fingerprint density at radius 3 is 3.08 bits per heavy atom. The number of thioether (sulfide) groups is 1. The smallest absolute Gasteiger partial charge is 0.315 e. The molecule has 70 valence electrons. The number of methoxy groups -OCH3 is 1. The summed E-state index contributed by atoms with van der Waals surface area (Å²) in [6.45, 7) is 1.99. The average Bonchev–Trinajstić information content (AvgIpc) is 2.16. The second kappa shape index (κ2) is 4.87. The summed E-state index contributed by atoms with van der Waals surface area (Å²) in [7, 11) is 1.39. The fourth-order valence-corrected chi connectivity index (χ4v) is 1.62. The van der Waals surface area contributed by atoms with Crippen molar-refractivity contribution in [3.05, 3.63) is 24.0 Å². The van der Waals surface area contributed by atoms with Crippen LogP contribution in [0.3, 0.4) is 0 Å². The van der Waals surface area contributed by atoms with Gasteiger partial charge in [-0.05, 0) is 18.6 Å². The molecular formula is C9H11NO2S. The van der Waals surface area contributed by atoms with Gasteiger partial charge in [0.25, 0.3) is 0 Å². The number of hydrogen-bond acceptors (Lipinski definition) is 4. The van der Waals surface area contributed by atoms with Crippen molar-refractivity contribution in [3.8, 4) is 0 Å². The van der Waals surface area contributed by atoms with E-state index in [4.69, 9.17) is 0 Å². The molecule has 0 aliphatic heterocycles. The minimum absolute atomic E-state index is 0.215. The van der Waals surface area contributed by atoms with Gasteiger partial charge in [0, 0.05) is 17.3 Å². The van der Waals surface area contributed by atoms with E-state index in [1.165, 1.54) is 18.9 Å². The number of pyridine rings is 1. The van der Waals surface area contributed by atoms with Crippen LogP contribution in [0.4, 0.5) is 0 Å². The first-order chi connectivity index (χ1) is 6.24. The maximum absolute atomic E-state index is 10.8. The Hall–Kier alpha value is -1.03. The number of esters is 1. The number of aromatic nitrogens is 1. The van der Waals surface area contributed by atoms with Crippen LogP contribution in [-0.4, -0.2) is 23.8 Å². The molecule has 4 heteroatoms. The zero-order valence-electron chi connectivity index (χ0n) is 7.61. The SMILES string of the molecule is COC(=O)CSc1cnccc1C. The molecule has 0 spiro atoms. The molecule has 0 fully saturated rings. The van der Waals surface area contributed by atoms with Crippen LogP contribution in [0.15, 0.2) is 23.4 Å². The van der Waals surface area contributed by atoms with E-state index in [1.54, 1.807) is 12.4 Å². The number of rotatable bonds is 3. The van der Waals surface area contributed by atoms with Crippen molar-refractivity contribution in [2.75, 3.05) is 12.9 Å². The van der Waals surface area contributed by atoms with Crippen LogP contribution in [0.25, 0.3) is 0 Å². The third kappa shape index (κ3) is 3.06. The molecule has 13 heavy (non-hydrogen) atoms. The van der Waals surface area contributed by atoms with Crippen molar-refractivity contribution < 1.29 is 9.53 Å². The zero-order valence-corrected chi connectivity index (χ0v) is 8.43. The van der Waals surface area contributed by atoms with Crippen LogP contribution in [0, 0.1) is 6.92 Å². The molecule has 1 aromatic rings. The van der Waals surface area contributed by atoms with Gasteiger partial charge in [0.1, 0.15) is 0 Å². The largest absolute Gasteiger partial charge is 0.468 e. The number of carbonyl (C=O) groups is 1. The fourth-order valence-electron chi connectivity index (χ4n) is 0.796. The highest BCUT2D eigenvalue weighted by atomic mass is 32.2. The lowest BCUT2D eigenvalue weighted by Gasteiger charge is -2.02. The van der Waals surface area contributed by atoms with Crippen molar-refractivity contribution in [2.24, 2.45) is 0 Å². The maximum Gasteiger partial charge on any atom is 0.315 e. The summed E-state index contributed by atoms with van der Waals surface area (Å²) in [5.74, 6) is 0.122. The molecule has 0 atom stereocenters. The van der Waals surface area contributed by atoms with Crippen LogP contribution >= 0.6 is 11.8 Å². The van der Waals surface area contributed by atoms with Gasteiger partial charge in [0.15, 0.2) is 0 Å². The molecule has 0 unspecified atom stereocenters. The Bertz CT molecular complexity index is 301. The maximum atomic E-state index is 10.8. The molecule has 0 N–H and O–H groups in total. The minimum atomic E-state index is -0.215. The van der Waals surface area contributed by atoms with E-state index >= 15 is 0 Å². The third-order valence-corrected chi connectivity index (χ3v) is 2.68. The van der Waals surface area contributed by atoms with E-state index < -0.39 is 0 Å². The summed E-state index contributed by atoms with van der Waals surface area (Å²) in [5.41, 5.74) is 1.13. The Balaban J connectivity index is 2.54. The van der Waals surface area contributed by atoms with Crippen LogP contribution < -0.4 is 0 Å². The Labute approximate surface area is 81.5 Å². The molecule has 1 aromatic heterocycles. The van der Waals surface area contributed by atoms with Crippen LogP contribution in [-0.2, 0) is 9.53 Å². The molecular weight excluding hydrogens is 186 g/mol. The van der Waals surface area contributed by atoms with E-state index in [2.05, 4.69) is 9.72 Å². The summed E-state index contributed by atoms with van der Waals surface area (Å²) < 4.78 is 4.53. The molecule has 0 aromatic carbocycles. The summed E-state index contributed by atoms with van der Waals surface area (Å²) in [6.07, 6.45) is 3.49. The second-order valence-electron chi connectivity index (χ2n) is 2.51. The highest BCUT2D eigenvalue weighted by Crippen LogP contribution is 2.20. The summed E-state index contributed by atoms with van der Waals surface area (Å²) in [4.78, 5) is 15.8. The molecule has 0 amide bonds. The third-order valence-electron chi connectivity index (χ3n) is 1.56. The average molecular weight is 197 g/mol. The first kappa shape index (κ1) is 10.1. The summed E-state index contributed by atoms with van der Waals surface area (Å²) in [5, 5.41) is 0. The number of ether oxygens (including phenoxy) is 1. The normalized spacial score (nSPS) is 9.69. The predicted molar refractivity (Wildman–Crippen MR) is 51.7 cm³/mol. The molecule has 3 nitrogen and oxygen atoms in total. The monoisotopic (exact) mass is 197 g/mol.